The summed E-state index contributed by atoms with van der Waals surface area (Å²) in [7, 11) is 3.94. The smallest absolute Gasteiger partial charge is 0.122 e. The Bertz CT molecular complexity index is 392. The zero-order chi connectivity index (χ0) is 14.5. The van der Waals surface area contributed by atoms with Crippen LogP contribution >= 0.6 is 15.9 Å². The highest BCUT2D eigenvalue weighted by Gasteiger charge is 2.21. The fourth-order valence-electron chi connectivity index (χ4n) is 2.22. The standard InChI is InChI=1S/C16H26BrNO/c1-13(18(4)12-16(2,3)11-17)10-14-8-6-7-9-15(14)19-5/h6-9,13H,10-12H2,1-5H3. The van der Waals surface area contributed by atoms with Crippen LogP contribution in [0.3, 0.4) is 0 Å². The third-order valence-electron chi connectivity index (χ3n) is 3.50. The molecule has 1 unspecified atom stereocenters. The molecule has 0 heterocycles. The maximum absolute atomic E-state index is 5.42. The van der Waals surface area contributed by atoms with Gasteiger partial charge in [-0.1, -0.05) is 48.0 Å². The highest BCUT2D eigenvalue weighted by Crippen LogP contribution is 2.23. The molecule has 1 atom stereocenters. The number of ether oxygens (including phenoxy) is 1. The second-order valence-corrected chi connectivity index (χ2v) is 6.64. The van der Waals surface area contributed by atoms with Crippen LogP contribution in [0.1, 0.15) is 26.3 Å². The summed E-state index contributed by atoms with van der Waals surface area (Å²) in [6.07, 6.45) is 1.01. The number of alkyl halides is 1. The minimum absolute atomic E-state index is 0.295. The number of para-hydroxylation sites is 1. The maximum Gasteiger partial charge on any atom is 0.122 e. The highest BCUT2D eigenvalue weighted by molar-refractivity contribution is 9.09. The topological polar surface area (TPSA) is 12.5 Å². The van der Waals surface area contributed by atoms with E-state index in [0.29, 0.717) is 11.5 Å². The average molecular weight is 328 g/mol. The third-order valence-corrected chi connectivity index (χ3v) is 5.02. The first-order chi connectivity index (χ1) is 8.89. The number of hydrogen-bond donors (Lipinski definition) is 0. The van der Waals surface area contributed by atoms with E-state index in [2.05, 4.69) is 60.8 Å². The van der Waals surface area contributed by atoms with Gasteiger partial charge in [0.15, 0.2) is 0 Å². The Morgan fingerprint density at radius 3 is 2.53 bits per heavy atom. The molecule has 0 saturated carbocycles. The van der Waals surface area contributed by atoms with Gasteiger partial charge in [0.25, 0.3) is 0 Å². The molecule has 3 heteroatoms. The van der Waals surface area contributed by atoms with Crippen LogP contribution in [0.4, 0.5) is 0 Å². The second kappa shape index (κ2) is 7.30. The van der Waals surface area contributed by atoms with Crippen molar-refractivity contribution in [2.45, 2.75) is 33.2 Å². The minimum Gasteiger partial charge on any atom is -0.496 e. The van der Waals surface area contributed by atoms with Gasteiger partial charge in [0.1, 0.15) is 5.75 Å². The molecule has 1 rings (SSSR count). The Morgan fingerprint density at radius 2 is 1.95 bits per heavy atom. The molecule has 0 N–H and O–H groups in total. The summed E-state index contributed by atoms with van der Waals surface area (Å²) in [6, 6.07) is 8.77. The second-order valence-electron chi connectivity index (χ2n) is 6.08. The fourth-order valence-corrected chi connectivity index (χ4v) is 2.40. The first-order valence-corrected chi connectivity index (χ1v) is 7.90. The quantitative estimate of drug-likeness (QED) is 0.702. The number of benzene rings is 1. The van der Waals surface area contributed by atoms with Crippen LogP contribution in [0.25, 0.3) is 0 Å². The third kappa shape index (κ3) is 5.15. The van der Waals surface area contributed by atoms with E-state index in [1.165, 1.54) is 5.56 Å². The lowest BCUT2D eigenvalue weighted by Gasteiger charge is -2.33. The van der Waals surface area contributed by atoms with Crippen molar-refractivity contribution in [3.05, 3.63) is 29.8 Å². The van der Waals surface area contributed by atoms with E-state index in [-0.39, 0.29) is 0 Å². The Labute approximate surface area is 126 Å². The van der Waals surface area contributed by atoms with E-state index in [0.717, 1.165) is 24.0 Å². The first-order valence-electron chi connectivity index (χ1n) is 6.77. The number of hydrogen-bond acceptors (Lipinski definition) is 2. The molecular weight excluding hydrogens is 302 g/mol. The van der Waals surface area contributed by atoms with Gasteiger partial charge in [0.2, 0.25) is 0 Å². The van der Waals surface area contributed by atoms with Crippen LogP contribution in [-0.2, 0) is 6.42 Å². The summed E-state index contributed by atoms with van der Waals surface area (Å²) in [5, 5.41) is 1.02. The monoisotopic (exact) mass is 327 g/mol. The van der Waals surface area contributed by atoms with E-state index in [1.807, 2.05) is 12.1 Å². The van der Waals surface area contributed by atoms with Crippen LogP contribution in [0.2, 0.25) is 0 Å². The summed E-state index contributed by atoms with van der Waals surface area (Å²) in [6.45, 7) is 7.92. The largest absolute Gasteiger partial charge is 0.496 e. The van der Waals surface area contributed by atoms with Crippen LogP contribution in [0.5, 0.6) is 5.75 Å². The van der Waals surface area contributed by atoms with E-state index in [1.54, 1.807) is 7.11 Å². The van der Waals surface area contributed by atoms with Gasteiger partial charge in [0.05, 0.1) is 7.11 Å². The summed E-state index contributed by atoms with van der Waals surface area (Å²) in [4.78, 5) is 2.42. The van der Waals surface area contributed by atoms with Crippen molar-refractivity contribution in [3.63, 3.8) is 0 Å². The summed E-state index contributed by atoms with van der Waals surface area (Å²) in [5.41, 5.74) is 1.57. The van der Waals surface area contributed by atoms with Crippen molar-refractivity contribution in [2.24, 2.45) is 5.41 Å². The molecule has 0 aliphatic heterocycles. The Kier molecular flexibility index (Phi) is 6.34. The molecule has 0 fully saturated rings. The molecule has 0 radical (unpaired) electrons. The normalized spacial score (nSPS) is 13.6. The number of halogens is 1. The van der Waals surface area contributed by atoms with E-state index in [4.69, 9.17) is 4.74 Å². The molecule has 0 aromatic heterocycles. The van der Waals surface area contributed by atoms with Crippen molar-refractivity contribution in [1.29, 1.82) is 0 Å². The summed E-state index contributed by atoms with van der Waals surface area (Å²) < 4.78 is 5.42. The zero-order valence-corrected chi connectivity index (χ0v) is 14.3. The lowest BCUT2D eigenvalue weighted by molar-refractivity contribution is 0.183. The van der Waals surface area contributed by atoms with E-state index >= 15 is 0 Å². The molecule has 1 aromatic rings. The van der Waals surface area contributed by atoms with Crippen LogP contribution < -0.4 is 4.74 Å². The molecule has 1 aromatic carbocycles. The lowest BCUT2D eigenvalue weighted by Crippen LogP contribution is -2.39. The molecule has 108 valence electrons. The molecule has 0 saturated heterocycles. The number of methoxy groups -OCH3 is 1. The molecule has 2 nitrogen and oxygen atoms in total. The van der Waals surface area contributed by atoms with Gasteiger partial charge in [0, 0.05) is 17.9 Å². The fraction of sp³-hybridized carbons (Fsp3) is 0.625. The Hall–Kier alpha value is -0.540. The Balaban J connectivity index is 2.66. The van der Waals surface area contributed by atoms with Crippen molar-refractivity contribution in [2.75, 3.05) is 26.0 Å². The molecule has 0 amide bonds. The van der Waals surface area contributed by atoms with Crippen molar-refractivity contribution < 1.29 is 4.74 Å². The van der Waals surface area contributed by atoms with Gasteiger partial charge in [-0.15, -0.1) is 0 Å². The summed E-state index contributed by atoms with van der Waals surface area (Å²) in [5.74, 6) is 0.988. The Morgan fingerprint density at radius 1 is 1.32 bits per heavy atom. The highest BCUT2D eigenvalue weighted by atomic mass is 79.9. The average Bonchev–Trinajstić information content (AvgIpc) is 2.38. The molecular formula is C16H26BrNO. The van der Waals surface area contributed by atoms with Gasteiger partial charge in [-0.25, -0.2) is 0 Å². The van der Waals surface area contributed by atoms with Gasteiger partial charge in [-0.05, 0) is 37.4 Å². The number of nitrogens with zero attached hydrogens (tertiary/aromatic N) is 1. The molecule has 0 spiro atoms. The van der Waals surface area contributed by atoms with Crippen LogP contribution in [-0.4, -0.2) is 37.0 Å². The van der Waals surface area contributed by atoms with Gasteiger partial charge in [-0.3, -0.25) is 0 Å². The predicted octanol–water partition coefficient (Wildman–Crippen LogP) is 3.98. The zero-order valence-electron chi connectivity index (χ0n) is 12.7. The van der Waals surface area contributed by atoms with Crippen molar-refractivity contribution >= 4 is 15.9 Å². The molecule has 0 aliphatic rings. The van der Waals surface area contributed by atoms with Crippen LogP contribution in [0, 0.1) is 5.41 Å². The van der Waals surface area contributed by atoms with Crippen molar-refractivity contribution in [1.82, 2.24) is 4.90 Å². The van der Waals surface area contributed by atoms with Gasteiger partial charge in [-0.2, -0.15) is 0 Å². The minimum atomic E-state index is 0.295. The maximum atomic E-state index is 5.42. The summed E-state index contributed by atoms with van der Waals surface area (Å²) >= 11 is 3.59. The SMILES string of the molecule is COc1ccccc1CC(C)N(C)CC(C)(C)CBr. The van der Waals surface area contributed by atoms with Crippen LogP contribution in [0.15, 0.2) is 24.3 Å². The first kappa shape index (κ1) is 16.5. The van der Waals surface area contributed by atoms with Gasteiger partial charge < -0.3 is 9.64 Å². The molecule has 19 heavy (non-hydrogen) atoms. The van der Waals surface area contributed by atoms with E-state index in [9.17, 15) is 0 Å². The molecule has 0 aliphatic carbocycles. The van der Waals surface area contributed by atoms with Gasteiger partial charge >= 0.3 is 0 Å². The predicted molar refractivity (Wildman–Crippen MR) is 86.4 cm³/mol. The number of likely N-dealkylation sites (N-methyl/N-ethyl adjacent to an activating group) is 1. The lowest BCUT2D eigenvalue weighted by atomic mass is 9.94. The van der Waals surface area contributed by atoms with Crippen molar-refractivity contribution in [3.8, 4) is 5.75 Å². The van der Waals surface area contributed by atoms with E-state index < -0.39 is 0 Å². The number of rotatable bonds is 7. The molecule has 0 bridgehead atoms.